The van der Waals surface area contributed by atoms with Gasteiger partial charge in [-0.3, -0.25) is 19.2 Å². The molecule has 0 spiro atoms. The van der Waals surface area contributed by atoms with Gasteiger partial charge in [-0.1, -0.05) is 36.4 Å². The van der Waals surface area contributed by atoms with Gasteiger partial charge < -0.3 is 34.7 Å². The van der Waals surface area contributed by atoms with Gasteiger partial charge in [0.05, 0.1) is 13.2 Å². The third kappa shape index (κ3) is 6.78. The largest absolute Gasteiger partial charge is 0.458 e. The molecule has 3 heterocycles. The highest BCUT2D eigenvalue weighted by atomic mass is 19.4. The van der Waals surface area contributed by atoms with Gasteiger partial charge in [0, 0.05) is 43.0 Å². The van der Waals surface area contributed by atoms with Crippen molar-refractivity contribution in [2.24, 2.45) is 17.3 Å². The molecule has 0 aromatic heterocycles. The number of rotatable bonds is 13. The number of hydroxylamine groups is 2. The molecule has 3 saturated carbocycles. The summed E-state index contributed by atoms with van der Waals surface area (Å²) in [6, 6.07) is 12.2. The zero-order chi connectivity index (χ0) is 37.8. The Morgan fingerprint density at radius 1 is 1.00 bits per heavy atom. The fourth-order valence-electron chi connectivity index (χ4n) is 8.48. The van der Waals surface area contributed by atoms with E-state index < -0.39 is 72.3 Å². The average molecular weight is 756 g/mol. The smallest absolute Gasteiger partial charge is 0.422 e. The molecule has 8 rings (SSSR count). The number of nitrogens with zero attached hydrogens (tertiary/aromatic N) is 1. The predicted molar refractivity (Wildman–Crippen MR) is 179 cm³/mol. The minimum absolute atomic E-state index is 0.0263. The second-order valence-corrected chi connectivity index (χ2v) is 14.8. The Bertz CT molecular complexity index is 1840. The van der Waals surface area contributed by atoms with Crippen molar-refractivity contribution in [1.82, 2.24) is 15.7 Å². The van der Waals surface area contributed by atoms with Crippen LogP contribution in [0, 0.1) is 17.3 Å². The molecule has 2 amide bonds. The van der Waals surface area contributed by atoms with Crippen molar-refractivity contribution in [3.8, 4) is 0 Å². The van der Waals surface area contributed by atoms with E-state index in [-0.39, 0.29) is 50.4 Å². The summed E-state index contributed by atoms with van der Waals surface area (Å²) in [5, 5.41) is 16.1. The Labute approximate surface area is 308 Å². The number of fused-ring (bicyclic) bond motifs is 4. The lowest BCUT2D eigenvalue weighted by Gasteiger charge is -2.48. The average Bonchev–Trinajstić information content (AvgIpc) is 4.10. The lowest BCUT2D eigenvalue weighted by Crippen LogP contribution is -2.69. The fraction of sp³-hybridized carbons (Fsp3) is 0.526. The number of carbonyl (C=O) groups is 4. The van der Waals surface area contributed by atoms with E-state index in [0.29, 0.717) is 22.3 Å². The number of alkyl halides is 3. The zero-order valence-corrected chi connectivity index (χ0v) is 29.1. The molecular weight excluding hydrogens is 715 g/mol. The number of aliphatic hydroxyl groups excluding tert-OH is 1. The summed E-state index contributed by atoms with van der Waals surface area (Å²) in [5.74, 6) is -3.17. The highest BCUT2D eigenvalue weighted by Gasteiger charge is 2.78. The first kappa shape index (κ1) is 36.6. The van der Waals surface area contributed by atoms with Crippen molar-refractivity contribution >= 4 is 29.8 Å². The van der Waals surface area contributed by atoms with Crippen LogP contribution in [0.5, 0.6) is 0 Å². The molecule has 3 aliphatic heterocycles. The molecule has 6 aliphatic rings. The standard InChI is InChI=1S/C38H40F3N3O10/c39-37(40,41)20-50-28(46)13-8-22-5-1-2-6-24(22)19-44-31-34(48)51-27-17-36(31,35(49)43-18-21-4-3-7-23(16-21)33(47)42-14-15-45)32(54-44)30-29(27)52-38(53-30,25-9-10-25)26-11-12-26/h1-8,13,16,25-27,29-32,45H,9-12,14-15,17-20H2,(H,42,47)(H,43,49)/t27-,29+,30+,31+,32-,36+/m1/s1. The van der Waals surface area contributed by atoms with Crippen LogP contribution in [-0.2, 0) is 51.3 Å². The van der Waals surface area contributed by atoms with Crippen LogP contribution < -0.4 is 10.6 Å². The fourth-order valence-corrected chi connectivity index (χ4v) is 8.48. The molecule has 288 valence electrons. The number of hydrogen-bond donors (Lipinski definition) is 3. The number of aliphatic hydroxyl groups is 1. The number of hydrogen-bond acceptors (Lipinski definition) is 11. The van der Waals surface area contributed by atoms with Gasteiger partial charge in [-0.15, -0.1) is 0 Å². The Balaban J connectivity index is 1.09. The maximum Gasteiger partial charge on any atom is 0.422 e. The summed E-state index contributed by atoms with van der Waals surface area (Å²) in [5.41, 5.74) is 0.489. The van der Waals surface area contributed by atoms with E-state index in [1.807, 2.05) is 0 Å². The van der Waals surface area contributed by atoms with Crippen molar-refractivity contribution in [3.05, 3.63) is 76.9 Å². The van der Waals surface area contributed by atoms with Gasteiger partial charge in [-0.05, 0) is 60.6 Å². The molecule has 6 atom stereocenters. The summed E-state index contributed by atoms with van der Waals surface area (Å²) < 4.78 is 61.8. The topological polar surface area (TPSA) is 162 Å². The lowest BCUT2D eigenvalue weighted by atomic mass is 9.62. The number of benzene rings is 2. The monoisotopic (exact) mass is 755 g/mol. The number of esters is 2. The highest BCUT2D eigenvalue weighted by molar-refractivity contribution is 5.95. The van der Waals surface area contributed by atoms with E-state index >= 15 is 0 Å². The first-order valence-corrected chi connectivity index (χ1v) is 18.2. The first-order chi connectivity index (χ1) is 25.9. The SMILES string of the molecule is O=C(C=Cc1ccccc1CN1O[C@@H]2[C@H]3OC(C4CC4)(C4CC4)O[C@H]3[C@H]3C[C@]2(C(=O)NCc2cccc(C(=O)NCCO)c2)[C@@H]1C(=O)O3)OCC(F)(F)F. The van der Waals surface area contributed by atoms with Gasteiger partial charge in [0.1, 0.15) is 29.8 Å². The Hall–Kier alpha value is -4.35. The number of amides is 2. The number of ether oxygens (including phenoxy) is 4. The normalized spacial score (nSPS) is 29.8. The molecule has 3 aliphatic carbocycles. The van der Waals surface area contributed by atoms with Gasteiger partial charge >= 0.3 is 18.1 Å². The summed E-state index contributed by atoms with van der Waals surface area (Å²) >= 11 is 0. The van der Waals surface area contributed by atoms with Crippen LogP contribution in [0.15, 0.2) is 54.6 Å². The molecule has 2 aromatic rings. The van der Waals surface area contributed by atoms with Crippen molar-refractivity contribution in [2.75, 3.05) is 19.8 Å². The van der Waals surface area contributed by atoms with Gasteiger partial charge in [-0.2, -0.15) is 18.2 Å². The van der Waals surface area contributed by atoms with Crippen LogP contribution >= 0.6 is 0 Å². The van der Waals surface area contributed by atoms with Crippen molar-refractivity contribution in [1.29, 1.82) is 0 Å². The third-order valence-electron chi connectivity index (χ3n) is 11.1. The van der Waals surface area contributed by atoms with Crippen LogP contribution in [0.3, 0.4) is 0 Å². The van der Waals surface area contributed by atoms with Crippen LogP contribution in [0.25, 0.3) is 6.08 Å². The summed E-state index contributed by atoms with van der Waals surface area (Å²) in [6.07, 6.45) is -1.73. The van der Waals surface area contributed by atoms with Gasteiger partial charge in [0.15, 0.2) is 18.4 Å². The second kappa shape index (κ2) is 14.1. The van der Waals surface area contributed by atoms with Crippen LogP contribution in [0.1, 0.15) is 59.2 Å². The molecule has 0 radical (unpaired) electrons. The van der Waals surface area contributed by atoms with Crippen LogP contribution in [0.4, 0.5) is 13.2 Å². The van der Waals surface area contributed by atoms with E-state index in [0.717, 1.165) is 31.8 Å². The van der Waals surface area contributed by atoms with E-state index in [9.17, 15) is 32.3 Å². The Morgan fingerprint density at radius 3 is 2.46 bits per heavy atom. The summed E-state index contributed by atoms with van der Waals surface area (Å²) in [7, 11) is 0. The predicted octanol–water partition coefficient (Wildman–Crippen LogP) is 2.94. The molecule has 2 aromatic carbocycles. The van der Waals surface area contributed by atoms with E-state index in [2.05, 4.69) is 15.4 Å². The highest BCUT2D eigenvalue weighted by Crippen LogP contribution is 2.63. The molecule has 2 bridgehead atoms. The molecule has 3 N–H and O–H groups in total. The van der Waals surface area contributed by atoms with E-state index in [1.165, 1.54) is 11.1 Å². The van der Waals surface area contributed by atoms with Gasteiger partial charge in [0.2, 0.25) is 5.91 Å². The molecule has 13 nitrogen and oxygen atoms in total. The summed E-state index contributed by atoms with van der Waals surface area (Å²) in [4.78, 5) is 60.1. The van der Waals surface area contributed by atoms with Crippen molar-refractivity contribution in [2.45, 2.75) is 87.6 Å². The van der Waals surface area contributed by atoms with E-state index in [1.54, 1.807) is 48.5 Å². The maximum atomic E-state index is 14.7. The van der Waals surface area contributed by atoms with Gasteiger partial charge in [-0.25, -0.2) is 4.79 Å². The minimum atomic E-state index is -4.67. The molecular formula is C38H40F3N3O10. The zero-order valence-electron chi connectivity index (χ0n) is 29.1. The molecule has 0 unspecified atom stereocenters. The molecule has 54 heavy (non-hydrogen) atoms. The number of nitrogens with one attached hydrogen (secondary N) is 2. The number of halogens is 3. The lowest BCUT2D eigenvalue weighted by molar-refractivity contribution is -0.235. The molecule has 16 heteroatoms. The maximum absolute atomic E-state index is 14.7. The Kier molecular flexibility index (Phi) is 9.53. The van der Waals surface area contributed by atoms with Gasteiger partial charge in [0.25, 0.3) is 5.91 Å². The van der Waals surface area contributed by atoms with Crippen LogP contribution in [-0.4, -0.2) is 96.1 Å². The quantitative estimate of drug-likeness (QED) is 0.204. The van der Waals surface area contributed by atoms with E-state index in [4.69, 9.17) is 24.2 Å². The molecule has 3 saturated heterocycles. The summed E-state index contributed by atoms with van der Waals surface area (Å²) in [6.45, 7) is -1.88. The minimum Gasteiger partial charge on any atom is -0.458 e. The van der Waals surface area contributed by atoms with Crippen LogP contribution in [0.2, 0.25) is 0 Å². The van der Waals surface area contributed by atoms with Crippen molar-refractivity contribution in [3.63, 3.8) is 0 Å². The molecule has 6 fully saturated rings. The first-order valence-electron chi connectivity index (χ1n) is 18.2. The van der Waals surface area contributed by atoms with Crippen molar-refractivity contribution < 1.29 is 61.2 Å². The second-order valence-electron chi connectivity index (χ2n) is 14.8. The Morgan fingerprint density at radius 2 is 1.74 bits per heavy atom. The number of carbonyl (C=O) groups excluding carboxylic acids is 4. The third-order valence-corrected chi connectivity index (χ3v) is 11.1.